The highest BCUT2D eigenvalue weighted by molar-refractivity contribution is 5.58. The summed E-state index contributed by atoms with van der Waals surface area (Å²) in [6, 6.07) is 0. The van der Waals surface area contributed by atoms with Crippen LogP contribution in [0.15, 0.2) is 18.6 Å². The number of halogens is 3. The minimum Gasteiger partial charge on any atom is -0.383 e. The molecule has 28 heavy (non-hydrogen) atoms. The number of nitrogen functional groups attached to an aromatic ring is 1. The lowest BCUT2D eigenvalue weighted by molar-refractivity contribution is -0.137. The van der Waals surface area contributed by atoms with E-state index in [1.54, 1.807) is 28.7 Å². The van der Waals surface area contributed by atoms with E-state index >= 15 is 0 Å². The highest BCUT2D eigenvalue weighted by Crippen LogP contribution is 2.35. The third kappa shape index (κ3) is 3.51. The molecule has 0 saturated heterocycles. The van der Waals surface area contributed by atoms with Crippen molar-refractivity contribution in [2.45, 2.75) is 39.4 Å². The van der Waals surface area contributed by atoms with Crippen molar-refractivity contribution in [3.8, 4) is 0 Å². The number of nitrogens with two attached hydrogens (primary N) is 1. The maximum Gasteiger partial charge on any atom is 0.421 e. The highest BCUT2D eigenvalue weighted by Gasteiger charge is 2.37. The molecule has 3 aromatic heterocycles. The van der Waals surface area contributed by atoms with E-state index in [0.29, 0.717) is 11.4 Å². The molecule has 0 fully saturated rings. The summed E-state index contributed by atoms with van der Waals surface area (Å²) in [5, 5.41) is 11.6. The maximum atomic E-state index is 13.0. The Kier molecular flexibility index (Phi) is 4.56. The molecule has 0 amide bonds. The quantitative estimate of drug-likeness (QED) is 0.705. The van der Waals surface area contributed by atoms with Crippen molar-refractivity contribution >= 4 is 17.5 Å². The third-order valence-electron chi connectivity index (χ3n) is 4.53. The van der Waals surface area contributed by atoms with Gasteiger partial charge in [-0.25, -0.2) is 4.98 Å². The largest absolute Gasteiger partial charge is 0.421 e. The molecule has 0 saturated carbocycles. The Bertz CT molecular complexity index is 993. The van der Waals surface area contributed by atoms with E-state index in [-0.39, 0.29) is 11.6 Å². The number of nitrogens with one attached hydrogen (secondary N) is 1. The second kappa shape index (κ2) is 6.50. The molecule has 0 aromatic carbocycles. The number of anilines is 3. The van der Waals surface area contributed by atoms with Crippen molar-refractivity contribution in [3.05, 3.63) is 41.1 Å². The SMILES string of the molecule is Cc1nn(C(C)(C)c2cnn(C)c2)cc1Nc1nc(C)c(C(F)(F)F)c(N)n1. The molecule has 0 aliphatic carbocycles. The average Bonchev–Trinajstić information content (AvgIpc) is 3.12. The van der Waals surface area contributed by atoms with E-state index in [9.17, 15) is 13.2 Å². The fourth-order valence-corrected chi connectivity index (χ4v) is 2.86. The van der Waals surface area contributed by atoms with Gasteiger partial charge in [0.2, 0.25) is 5.95 Å². The Labute approximate surface area is 159 Å². The standard InChI is InChI=1S/C17H21F3N8/c1-9-12(8-28(26-9)16(3,4)11-6-22-27(5)7-11)24-15-23-10(2)13(14(21)25-15)17(18,19)20/h6-8H,1-5H3,(H3,21,23,24,25). The zero-order valence-corrected chi connectivity index (χ0v) is 16.1. The van der Waals surface area contributed by atoms with Crippen LogP contribution in [0.1, 0.15) is 36.4 Å². The normalized spacial score (nSPS) is 12.4. The molecule has 0 atom stereocenters. The van der Waals surface area contributed by atoms with Crippen LogP contribution >= 0.6 is 0 Å². The van der Waals surface area contributed by atoms with Gasteiger partial charge in [-0.1, -0.05) is 0 Å². The molecule has 0 aliphatic heterocycles. The zero-order valence-electron chi connectivity index (χ0n) is 16.1. The van der Waals surface area contributed by atoms with Crippen molar-refractivity contribution in [2.75, 3.05) is 11.1 Å². The summed E-state index contributed by atoms with van der Waals surface area (Å²) >= 11 is 0. The lowest BCUT2D eigenvalue weighted by Crippen LogP contribution is -2.27. The van der Waals surface area contributed by atoms with E-state index < -0.39 is 23.1 Å². The van der Waals surface area contributed by atoms with Crippen LogP contribution in [0, 0.1) is 13.8 Å². The summed E-state index contributed by atoms with van der Waals surface area (Å²) < 4.78 is 42.5. The number of rotatable bonds is 4. The van der Waals surface area contributed by atoms with E-state index in [1.165, 1.54) is 6.92 Å². The number of hydrogen-bond acceptors (Lipinski definition) is 6. The van der Waals surface area contributed by atoms with Crippen LogP contribution in [0.3, 0.4) is 0 Å². The van der Waals surface area contributed by atoms with Crippen LogP contribution < -0.4 is 11.1 Å². The van der Waals surface area contributed by atoms with Crippen molar-refractivity contribution in [3.63, 3.8) is 0 Å². The first-order valence-corrected chi connectivity index (χ1v) is 8.44. The lowest BCUT2D eigenvalue weighted by Gasteiger charge is -2.24. The Morgan fingerprint density at radius 3 is 2.29 bits per heavy atom. The molecule has 11 heteroatoms. The number of aryl methyl sites for hydroxylation is 3. The van der Waals surface area contributed by atoms with E-state index in [2.05, 4.69) is 25.5 Å². The monoisotopic (exact) mass is 394 g/mol. The van der Waals surface area contributed by atoms with Crippen molar-refractivity contribution in [1.29, 1.82) is 0 Å². The topological polar surface area (TPSA) is 99.5 Å². The van der Waals surface area contributed by atoms with Crippen LogP contribution in [-0.2, 0) is 18.8 Å². The first kappa shape index (κ1) is 19.6. The van der Waals surface area contributed by atoms with Gasteiger partial charge in [0, 0.05) is 25.0 Å². The molecule has 3 rings (SSSR count). The number of nitrogens with zero attached hydrogens (tertiary/aromatic N) is 6. The van der Waals surface area contributed by atoms with Gasteiger partial charge < -0.3 is 11.1 Å². The lowest BCUT2D eigenvalue weighted by atomic mass is 9.98. The van der Waals surface area contributed by atoms with Crippen molar-refractivity contribution < 1.29 is 13.2 Å². The fraction of sp³-hybridized carbons (Fsp3) is 0.412. The second-order valence-electron chi connectivity index (χ2n) is 7.05. The Balaban J connectivity index is 1.93. The first-order valence-electron chi connectivity index (χ1n) is 8.44. The second-order valence-corrected chi connectivity index (χ2v) is 7.05. The summed E-state index contributed by atoms with van der Waals surface area (Å²) in [6.07, 6.45) is 0.788. The Morgan fingerprint density at radius 1 is 1.07 bits per heavy atom. The summed E-state index contributed by atoms with van der Waals surface area (Å²) in [6.45, 7) is 6.99. The number of aromatic nitrogens is 6. The van der Waals surface area contributed by atoms with Crippen LogP contribution in [0.4, 0.5) is 30.6 Å². The molecular formula is C17H21F3N8. The van der Waals surface area contributed by atoms with Gasteiger partial charge in [0.25, 0.3) is 0 Å². The number of alkyl halides is 3. The van der Waals surface area contributed by atoms with Crippen molar-refractivity contribution in [1.82, 2.24) is 29.5 Å². The van der Waals surface area contributed by atoms with Crippen LogP contribution in [-0.4, -0.2) is 29.5 Å². The highest BCUT2D eigenvalue weighted by atomic mass is 19.4. The molecule has 3 heterocycles. The van der Waals surface area contributed by atoms with Gasteiger partial charge in [-0.15, -0.1) is 0 Å². The fourth-order valence-electron chi connectivity index (χ4n) is 2.86. The molecule has 3 aromatic rings. The summed E-state index contributed by atoms with van der Waals surface area (Å²) in [4.78, 5) is 7.65. The predicted molar refractivity (Wildman–Crippen MR) is 98.1 cm³/mol. The zero-order chi connectivity index (χ0) is 20.9. The minimum atomic E-state index is -4.61. The molecule has 0 bridgehead atoms. The van der Waals surface area contributed by atoms with E-state index in [4.69, 9.17) is 5.73 Å². The molecule has 0 aliphatic rings. The van der Waals surface area contributed by atoms with Gasteiger partial charge in [0.15, 0.2) is 0 Å². The van der Waals surface area contributed by atoms with Gasteiger partial charge in [0.1, 0.15) is 11.4 Å². The predicted octanol–water partition coefficient (Wildman–Crippen LogP) is 3.15. The summed E-state index contributed by atoms with van der Waals surface area (Å²) in [5.74, 6) is -0.645. The first-order chi connectivity index (χ1) is 12.9. The van der Waals surface area contributed by atoms with Crippen LogP contribution in [0.25, 0.3) is 0 Å². The van der Waals surface area contributed by atoms with E-state index in [1.807, 2.05) is 27.1 Å². The van der Waals surface area contributed by atoms with Gasteiger partial charge >= 0.3 is 6.18 Å². The summed E-state index contributed by atoms with van der Waals surface area (Å²) in [7, 11) is 1.83. The average molecular weight is 394 g/mol. The van der Waals surface area contributed by atoms with Crippen LogP contribution in [0.5, 0.6) is 0 Å². The maximum absolute atomic E-state index is 13.0. The molecule has 0 radical (unpaired) electrons. The van der Waals surface area contributed by atoms with Crippen LogP contribution in [0.2, 0.25) is 0 Å². The smallest absolute Gasteiger partial charge is 0.383 e. The van der Waals surface area contributed by atoms with E-state index in [0.717, 1.165) is 5.56 Å². The van der Waals surface area contributed by atoms with Gasteiger partial charge in [0.05, 0.1) is 28.8 Å². The molecule has 3 N–H and O–H groups in total. The molecule has 0 spiro atoms. The minimum absolute atomic E-state index is 0.0233. The van der Waals surface area contributed by atoms with Crippen molar-refractivity contribution in [2.24, 2.45) is 7.05 Å². The number of hydrogen-bond donors (Lipinski definition) is 2. The molecule has 0 unspecified atom stereocenters. The van der Waals surface area contributed by atoms with Gasteiger partial charge in [-0.3, -0.25) is 9.36 Å². The molecular weight excluding hydrogens is 373 g/mol. The molecule has 8 nitrogen and oxygen atoms in total. The molecule has 150 valence electrons. The third-order valence-corrected chi connectivity index (χ3v) is 4.53. The van der Waals surface area contributed by atoms with Gasteiger partial charge in [-0.05, 0) is 27.7 Å². The summed E-state index contributed by atoms with van der Waals surface area (Å²) in [5.41, 5.74) is 5.90. The Hall–Kier alpha value is -3.11. The Morgan fingerprint density at radius 2 is 1.75 bits per heavy atom. The van der Waals surface area contributed by atoms with Gasteiger partial charge in [-0.2, -0.15) is 28.4 Å².